The van der Waals surface area contributed by atoms with Crippen molar-refractivity contribution in [3.63, 3.8) is 0 Å². The van der Waals surface area contributed by atoms with Crippen LogP contribution in [0.15, 0.2) is 73.7 Å². The Labute approximate surface area is 210 Å². The van der Waals surface area contributed by atoms with Gasteiger partial charge in [-0.25, -0.2) is 4.99 Å². The molecule has 164 valence electrons. The van der Waals surface area contributed by atoms with Crippen LogP contribution < -0.4 is 14.9 Å². The molecule has 2 aromatic heterocycles. The Morgan fingerprint density at radius 3 is 2.85 bits per heavy atom. The van der Waals surface area contributed by atoms with E-state index in [2.05, 4.69) is 40.2 Å². The van der Waals surface area contributed by atoms with Gasteiger partial charge in [0.25, 0.3) is 5.56 Å². The number of fused-ring (bicyclic) bond motifs is 3. The van der Waals surface area contributed by atoms with Gasteiger partial charge in [-0.1, -0.05) is 69.2 Å². The minimum absolute atomic E-state index is 0.0475. The zero-order chi connectivity index (χ0) is 22.7. The summed E-state index contributed by atoms with van der Waals surface area (Å²) >= 11 is 12.5. The van der Waals surface area contributed by atoms with Gasteiger partial charge in [0, 0.05) is 20.5 Å². The lowest BCUT2D eigenvalue weighted by atomic mass is 9.85. The molecule has 1 aliphatic carbocycles. The first-order chi connectivity index (χ1) is 16.0. The molecule has 8 heteroatoms. The number of allylic oxidation sites excluding steroid dienone is 1. The first-order valence-corrected chi connectivity index (χ1v) is 13.2. The highest BCUT2D eigenvalue weighted by atomic mass is 79.9. The predicted molar refractivity (Wildman–Crippen MR) is 138 cm³/mol. The molecule has 2 aromatic carbocycles. The number of aromatic nitrogens is 1. The third-order valence-corrected chi connectivity index (χ3v) is 8.68. The Hall–Kier alpha value is -2.45. The monoisotopic (exact) mass is 554 g/mol. The Morgan fingerprint density at radius 1 is 1.18 bits per heavy atom. The molecule has 1 aliphatic heterocycles. The van der Waals surface area contributed by atoms with E-state index in [1.807, 2.05) is 22.1 Å². The summed E-state index contributed by atoms with van der Waals surface area (Å²) in [6.45, 7) is 0. The van der Waals surface area contributed by atoms with Crippen LogP contribution in [0.3, 0.4) is 0 Å². The Balaban J connectivity index is 1.63. The van der Waals surface area contributed by atoms with Gasteiger partial charge >= 0.3 is 0 Å². The number of halogens is 2. The molecule has 0 amide bonds. The van der Waals surface area contributed by atoms with E-state index in [0.29, 0.717) is 14.9 Å². The fraction of sp³-hybridized carbons (Fsp3) is 0.120. The lowest BCUT2D eigenvalue weighted by Crippen LogP contribution is -2.38. The average Bonchev–Trinajstić information content (AvgIpc) is 3.44. The molecule has 0 saturated heterocycles. The van der Waals surface area contributed by atoms with Gasteiger partial charge in [-0.3, -0.25) is 9.36 Å². The quantitative estimate of drug-likeness (QED) is 0.355. The SMILES string of the molecule is O=c1/c(=C\c2cc(Br)cc(Cl)c2O)sc2n1[C@@H](c1cccs1)C1=C(N=2)c2ccccc2CC1. The molecule has 0 unspecified atom stereocenters. The van der Waals surface area contributed by atoms with E-state index in [9.17, 15) is 9.90 Å². The zero-order valence-electron chi connectivity index (χ0n) is 17.1. The van der Waals surface area contributed by atoms with Crippen molar-refractivity contribution >= 4 is 62.0 Å². The van der Waals surface area contributed by atoms with Gasteiger partial charge in [-0.05, 0) is 53.6 Å². The van der Waals surface area contributed by atoms with Crippen LogP contribution in [0.1, 0.15) is 34.0 Å². The van der Waals surface area contributed by atoms with Crippen molar-refractivity contribution in [1.82, 2.24) is 4.57 Å². The number of thiazole rings is 1. The maximum atomic E-state index is 13.7. The summed E-state index contributed by atoms with van der Waals surface area (Å²) < 4.78 is 3.05. The summed E-state index contributed by atoms with van der Waals surface area (Å²) in [5.41, 5.74) is 4.98. The van der Waals surface area contributed by atoms with Crippen molar-refractivity contribution in [2.45, 2.75) is 18.9 Å². The van der Waals surface area contributed by atoms with E-state index in [0.717, 1.165) is 33.5 Å². The summed E-state index contributed by atoms with van der Waals surface area (Å²) in [7, 11) is 0. The molecule has 0 radical (unpaired) electrons. The van der Waals surface area contributed by atoms with Gasteiger partial charge in [0.2, 0.25) is 0 Å². The maximum absolute atomic E-state index is 13.7. The molecule has 4 aromatic rings. The fourth-order valence-electron chi connectivity index (χ4n) is 4.56. The number of hydrogen-bond donors (Lipinski definition) is 1. The minimum atomic E-state index is -0.175. The first-order valence-electron chi connectivity index (χ1n) is 10.4. The molecule has 6 rings (SSSR count). The van der Waals surface area contributed by atoms with Crippen molar-refractivity contribution in [2.24, 2.45) is 4.99 Å². The third-order valence-electron chi connectivity index (χ3n) is 6.03. The standard InChI is InChI=1S/C25H16BrClN2O2S2/c26-15-10-14(23(30)18(27)12-15)11-20-24(31)29-22(19-6-3-9-32-19)17-8-7-13-4-1-2-5-16(13)21(17)28-25(29)33-20/h1-6,9-12,22,30H,7-8H2/b20-11+/t22-/m1/s1. The first kappa shape index (κ1) is 21.1. The van der Waals surface area contributed by atoms with Crippen molar-refractivity contribution in [3.05, 3.63) is 110 Å². The van der Waals surface area contributed by atoms with Gasteiger partial charge in [0.05, 0.1) is 21.3 Å². The highest BCUT2D eigenvalue weighted by Gasteiger charge is 2.33. The lowest BCUT2D eigenvalue weighted by Gasteiger charge is -2.30. The van der Waals surface area contributed by atoms with Crippen LogP contribution in [0, 0.1) is 0 Å². The molecule has 0 bridgehead atoms. The van der Waals surface area contributed by atoms with E-state index in [1.165, 1.54) is 22.5 Å². The Morgan fingerprint density at radius 2 is 2.03 bits per heavy atom. The Kier molecular flexibility index (Phi) is 5.18. The summed E-state index contributed by atoms with van der Waals surface area (Å²) in [4.78, 5) is 20.5. The van der Waals surface area contributed by atoms with E-state index in [1.54, 1.807) is 29.5 Å². The molecule has 3 heterocycles. The van der Waals surface area contributed by atoms with E-state index < -0.39 is 0 Å². The predicted octanol–water partition coefficient (Wildman–Crippen LogP) is 5.50. The zero-order valence-corrected chi connectivity index (χ0v) is 21.1. The number of rotatable bonds is 2. The average molecular weight is 556 g/mol. The highest BCUT2D eigenvalue weighted by Crippen LogP contribution is 2.42. The van der Waals surface area contributed by atoms with Crippen LogP contribution in [-0.4, -0.2) is 9.67 Å². The van der Waals surface area contributed by atoms with Gasteiger partial charge in [0.15, 0.2) is 4.80 Å². The van der Waals surface area contributed by atoms with Crippen LogP contribution in [0.2, 0.25) is 5.02 Å². The number of phenols is 1. The minimum Gasteiger partial charge on any atom is -0.506 e. The lowest BCUT2D eigenvalue weighted by molar-refractivity contribution is 0.474. The van der Waals surface area contributed by atoms with Crippen molar-refractivity contribution in [1.29, 1.82) is 0 Å². The number of aryl methyl sites for hydroxylation is 1. The van der Waals surface area contributed by atoms with E-state index in [-0.39, 0.29) is 22.4 Å². The van der Waals surface area contributed by atoms with Gasteiger partial charge < -0.3 is 5.11 Å². The molecule has 1 atom stereocenters. The third kappa shape index (κ3) is 3.46. The van der Waals surface area contributed by atoms with Gasteiger partial charge in [-0.15, -0.1) is 11.3 Å². The van der Waals surface area contributed by atoms with Crippen LogP contribution in [-0.2, 0) is 6.42 Å². The van der Waals surface area contributed by atoms with Crippen LogP contribution >= 0.6 is 50.2 Å². The van der Waals surface area contributed by atoms with E-state index in [4.69, 9.17) is 16.6 Å². The molecular weight excluding hydrogens is 540 g/mol. The number of aromatic hydroxyl groups is 1. The van der Waals surface area contributed by atoms with Crippen LogP contribution in [0.25, 0.3) is 11.8 Å². The second-order valence-corrected chi connectivity index (χ2v) is 11.3. The molecule has 0 saturated carbocycles. The maximum Gasteiger partial charge on any atom is 0.271 e. The number of hydrogen-bond acceptors (Lipinski definition) is 5. The summed E-state index contributed by atoms with van der Waals surface area (Å²) in [6, 6.07) is 15.7. The topological polar surface area (TPSA) is 54.6 Å². The van der Waals surface area contributed by atoms with Crippen LogP contribution in [0.5, 0.6) is 5.75 Å². The number of thiophene rings is 1. The summed E-state index contributed by atoms with van der Waals surface area (Å²) in [6.07, 6.45) is 3.49. The summed E-state index contributed by atoms with van der Waals surface area (Å²) in [5, 5.41) is 12.7. The second kappa shape index (κ2) is 8.09. The van der Waals surface area contributed by atoms with Crippen LogP contribution in [0.4, 0.5) is 0 Å². The highest BCUT2D eigenvalue weighted by molar-refractivity contribution is 9.10. The molecule has 4 nitrogen and oxygen atoms in total. The smallest absolute Gasteiger partial charge is 0.271 e. The van der Waals surface area contributed by atoms with Crippen molar-refractivity contribution in [3.8, 4) is 5.75 Å². The fourth-order valence-corrected chi connectivity index (χ4v) is 7.23. The molecule has 1 N–H and O–H groups in total. The molecule has 0 spiro atoms. The second-order valence-electron chi connectivity index (χ2n) is 7.95. The number of benzene rings is 2. The van der Waals surface area contributed by atoms with Gasteiger partial charge in [0.1, 0.15) is 5.75 Å². The molecular formula is C25H16BrClN2O2S2. The number of phenolic OH excluding ortho intramolecular Hbond substituents is 1. The van der Waals surface area contributed by atoms with Gasteiger partial charge in [-0.2, -0.15) is 0 Å². The molecule has 2 aliphatic rings. The largest absolute Gasteiger partial charge is 0.506 e. The van der Waals surface area contributed by atoms with E-state index >= 15 is 0 Å². The number of nitrogens with zero attached hydrogens (tertiary/aromatic N) is 2. The van der Waals surface area contributed by atoms with Crippen molar-refractivity contribution < 1.29 is 5.11 Å². The molecule has 33 heavy (non-hydrogen) atoms. The normalized spacial score (nSPS) is 17.4. The molecule has 0 fully saturated rings. The summed E-state index contributed by atoms with van der Waals surface area (Å²) in [5.74, 6) is -0.0475. The van der Waals surface area contributed by atoms with Crippen molar-refractivity contribution in [2.75, 3.05) is 0 Å². The Bertz CT molecular complexity index is 1630.